The van der Waals surface area contributed by atoms with Crippen LogP contribution in [0.2, 0.25) is 5.02 Å². The molecule has 2 heterocycles. The number of thioether (sulfide) groups is 1. The van der Waals surface area contributed by atoms with E-state index in [0.29, 0.717) is 10.8 Å². The largest absolute Gasteiger partial charge is 0.355 e. The van der Waals surface area contributed by atoms with Crippen molar-refractivity contribution in [3.63, 3.8) is 0 Å². The highest BCUT2D eigenvalue weighted by molar-refractivity contribution is 8.00. The van der Waals surface area contributed by atoms with Crippen LogP contribution in [0.3, 0.4) is 0 Å². The van der Waals surface area contributed by atoms with Crippen molar-refractivity contribution in [2.24, 2.45) is 7.05 Å². The summed E-state index contributed by atoms with van der Waals surface area (Å²) in [4.78, 5) is 12.1. The van der Waals surface area contributed by atoms with E-state index in [2.05, 4.69) is 15.5 Å². The van der Waals surface area contributed by atoms with Gasteiger partial charge in [0.25, 0.3) is 0 Å². The number of nitrogens with zero attached hydrogens (tertiary/aromatic N) is 3. The third-order valence-corrected chi connectivity index (χ3v) is 5.31. The van der Waals surface area contributed by atoms with Gasteiger partial charge in [-0.1, -0.05) is 41.9 Å². The first-order chi connectivity index (χ1) is 10.7. The van der Waals surface area contributed by atoms with E-state index in [0.717, 1.165) is 36.5 Å². The van der Waals surface area contributed by atoms with Gasteiger partial charge in [-0.2, -0.15) is 0 Å². The van der Waals surface area contributed by atoms with Crippen molar-refractivity contribution in [2.75, 3.05) is 6.54 Å². The number of carbonyl (C=O) groups is 1. The molecule has 1 aromatic carbocycles. The monoisotopic (exact) mass is 336 g/mol. The van der Waals surface area contributed by atoms with Crippen LogP contribution in [0.15, 0.2) is 29.4 Å². The second-order valence-electron chi connectivity index (χ2n) is 5.24. The molecule has 0 spiro atoms. The molecule has 1 aromatic heterocycles. The van der Waals surface area contributed by atoms with Gasteiger partial charge < -0.3 is 9.88 Å². The van der Waals surface area contributed by atoms with Crippen molar-refractivity contribution in [3.8, 4) is 11.4 Å². The molecular weight excluding hydrogens is 320 g/mol. The molecule has 22 heavy (non-hydrogen) atoms. The van der Waals surface area contributed by atoms with Crippen molar-refractivity contribution >= 4 is 29.3 Å². The van der Waals surface area contributed by atoms with Crippen molar-refractivity contribution in [1.29, 1.82) is 0 Å². The van der Waals surface area contributed by atoms with Crippen LogP contribution in [0.5, 0.6) is 0 Å². The maximum Gasteiger partial charge on any atom is 0.233 e. The number of halogens is 1. The molecule has 1 fully saturated rings. The molecule has 1 N–H and O–H groups in total. The maximum atomic E-state index is 12.1. The van der Waals surface area contributed by atoms with Gasteiger partial charge in [-0.25, -0.2) is 0 Å². The fourth-order valence-corrected chi connectivity index (χ4v) is 3.73. The lowest BCUT2D eigenvalue weighted by molar-refractivity contribution is -0.120. The van der Waals surface area contributed by atoms with E-state index in [1.807, 2.05) is 35.9 Å². The fourth-order valence-electron chi connectivity index (χ4n) is 2.45. The first-order valence-electron chi connectivity index (χ1n) is 7.25. The average molecular weight is 337 g/mol. The summed E-state index contributed by atoms with van der Waals surface area (Å²) < 4.78 is 1.89. The van der Waals surface area contributed by atoms with Crippen LogP contribution in [0.25, 0.3) is 11.4 Å². The van der Waals surface area contributed by atoms with E-state index < -0.39 is 0 Å². The van der Waals surface area contributed by atoms with E-state index in [1.165, 1.54) is 11.8 Å². The second-order valence-corrected chi connectivity index (χ2v) is 6.82. The Morgan fingerprint density at radius 2 is 2.14 bits per heavy atom. The van der Waals surface area contributed by atoms with Gasteiger partial charge in [-0.15, -0.1) is 10.2 Å². The van der Waals surface area contributed by atoms with Gasteiger partial charge in [0.2, 0.25) is 5.91 Å². The maximum absolute atomic E-state index is 12.1. The van der Waals surface area contributed by atoms with Crippen molar-refractivity contribution in [1.82, 2.24) is 20.1 Å². The van der Waals surface area contributed by atoms with Gasteiger partial charge in [0, 0.05) is 19.2 Å². The van der Waals surface area contributed by atoms with Gasteiger partial charge >= 0.3 is 0 Å². The SMILES string of the molecule is Cn1c(S[C@@H]2CCCCNC2=O)nnc1-c1ccccc1Cl. The standard InChI is InChI=1S/C15H17ClN4OS/c1-20-13(10-6-2-3-7-11(10)16)18-19-15(20)22-12-8-4-5-9-17-14(12)21/h2-3,6-7,12H,4-5,8-9H2,1H3,(H,17,21)/t12-/m1/s1. The lowest BCUT2D eigenvalue weighted by atomic mass is 10.2. The summed E-state index contributed by atoms with van der Waals surface area (Å²) >= 11 is 7.69. The molecule has 1 aliphatic heterocycles. The third kappa shape index (κ3) is 3.13. The summed E-state index contributed by atoms with van der Waals surface area (Å²) in [5.41, 5.74) is 0.844. The highest BCUT2D eigenvalue weighted by atomic mass is 35.5. The fraction of sp³-hybridized carbons (Fsp3) is 0.400. The third-order valence-electron chi connectivity index (χ3n) is 3.68. The first kappa shape index (κ1) is 15.4. The number of hydrogen-bond donors (Lipinski definition) is 1. The van der Waals surface area contributed by atoms with E-state index >= 15 is 0 Å². The molecule has 5 nitrogen and oxygen atoms in total. The molecule has 1 saturated heterocycles. The summed E-state index contributed by atoms with van der Waals surface area (Å²) in [6, 6.07) is 7.55. The number of benzene rings is 1. The van der Waals surface area contributed by atoms with E-state index in [-0.39, 0.29) is 11.2 Å². The Morgan fingerprint density at radius 1 is 1.32 bits per heavy atom. The minimum atomic E-state index is -0.107. The molecule has 0 aliphatic carbocycles. The van der Waals surface area contributed by atoms with Crippen molar-refractivity contribution in [2.45, 2.75) is 29.7 Å². The van der Waals surface area contributed by atoms with Gasteiger partial charge in [0.05, 0.1) is 10.3 Å². The summed E-state index contributed by atoms with van der Waals surface area (Å²) in [5, 5.41) is 12.7. The topological polar surface area (TPSA) is 59.8 Å². The zero-order valence-electron chi connectivity index (χ0n) is 12.3. The Kier molecular flexibility index (Phi) is 4.69. The van der Waals surface area contributed by atoms with Gasteiger partial charge in [-0.05, 0) is 25.0 Å². The molecular formula is C15H17ClN4OS. The number of carbonyl (C=O) groups excluding carboxylic acids is 1. The molecule has 1 amide bonds. The average Bonchev–Trinajstić information content (AvgIpc) is 2.74. The molecule has 1 atom stereocenters. The zero-order valence-corrected chi connectivity index (χ0v) is 13.8. The summed E-state index contributed by atoms with van der Waals surface area (Å²) in [5.74, 6) is 0.798. The van der Waals surface area contributed by atoms with Gasteiger partial charge in [-0.3, -0.25) is 4.79 Å². The Labute approximate surface area is 138 Å². The van der Waals surface area contributed by atoms with Crippen molar-refractivity contribution in [3.05, 3.63) is 29.3 Å². The van der Waals surface area contributed by atoms with Crippen molar-refractivity contribution < 1.29 is 4.79 Å². The zero-order chi connectivity index (χ0) is 15.5. The molecule has 0 unspecified atom stereocenters. The summed E-state index contributed by atoms with van der Waals surface area (Å²) in [7, 11) is 1.90. The number of rotatable bonds is 3. The molecule has 116 valence electrons. The van der Waals surface area contributed by atoms with Crippen LogP contribution >= 0.6 is 23.4 Å². The Morgan fingerprint density at radius 3 is 2.95 bits per heavy atom. The van der Waals surface area contributed by atoms with Gasteiger partial charge in [0.15, 0.2) is 11.0 Å². The normalized spacial score (nSPS) is 18.8. The Hall–Kier alpha value is -1.53. The van der Waals surface area contributed by atoms with Crippen LogP contribution in [0, 0.1) is 0 Å². The first-order valence-corrected chi connectivity index (χ1v) is 8.51. The predicted octanol–water partition coefficient (Wildman–Crippen LogP) is 2.90. The minimum absolute atomic E-state index is 0.0878. The lowest BCUT2D eigenvalue weighted by Gasteiger charge is -2.12. The molecule has 0 saturated carbocycles. The highest BCUT2D eigenvalue weighted by Gasteiger charge is 2.24. The van der Waals surface area contributed by atoms with Crippen LogP contribution in [0.4, 0.5) is 0 Å². The molecule has 7 heteroatoms. The van der Waals surface area contributed by atoms with Crippen LogP contribution in [-0.4, -0.2) is 32.5 Å². The van der Waals surface area contributed by atoms with Crippen LogP contribution in [0.1, 0.15) is 19.3 Å². The lowest BCUT2D eigenvalue weighted by Crippen LogP contribution is -2.30. The predicted molar refractivity (Wildman–Crippen MR) is 88.0 cm³/mol. The smallest absolute Gasteiger partial charge is 0.233 e. The summed E-state index contributed by atoms with van der Waals surface area (Å²) in [6.07, 6.45) is 2.95. The highest BCUT2D eigenvalue weighted by Crippen LogP contribution is 2.31. The minimum Gasteiger partial charge on any atom is -0.355 e. The van der Waals surface area contributed by atoms with E-state index in [4.69, 9.17) is 11.6 Å². The Bertz CT molecular complexity index is 688. The molecule has 3 rings (SSSR count). The van der Waals surface area contributed by atoms with Crippen LogP contribution in [-0.2, 0) is 11.8 Å². The second kappa shape index (κ2) is 6.71. The van der Waals surface area contributed by atoms with E-state index in [9.17, 15) is 4.79 Å². The Balaban J connectivity index is 1.84. The quantitative estimate of drug-likeness (QED) is 0.936. The summed E-state index contributed by atoms with van der Waals surface area (Å²) in [6.45, 7) is 0.763. The number of aromatic nitrogens is 3. The molecule has 0 radical (unpaired) electrons. The van der Waals surface area contributed by atoms with Crippen LogP contribution < -0.4 is 5.32 Å². The number of nitrogens with one attached hydrogen (secondary N) is 1. The molecule has 0 bridgehead atoms. The number of amides is 1. The van der Waals surface area contributed by atoms with E-state index in [1.54, 1.807) is 0 Å². The van der Waals surface area contributed by atoms with Gasteiger partial charge in [0.1, 0.15) is 0 Å². The molecule has 1 aliphatic rings. The molecule has 2 aromatic rings. The number of hydrogen-bond acceptors (Lipinski definition) is 4.